The Labute approximate surface area is 267 Å². The summed E-state index contributed by atoms with van der Waals surface area (Å²) in [4.78, 5) is 28.1. The summed E-state index contributed by atoms with van der Waals surface area (Å²) in [5, 5.41) is 11.2. The van der Waals surface area contributed by atoms with Crippen molar-refractivity contribution in [3.63, 3.8) is 0 Å². The minimum Gasteiger partial charge on any atom is -0.496 e. The van der Waals surface area contributed by atoms with Gasteiger partial charge in [-0.15, -0.1) is 12.4 Å². The molecule has 1 amide bonds. The molecule has 0 aliphatic carbocycles. The molecule has 1 aliphatic heterocycles. The Morgan fingerprint density at radius 1 is 0.907 bits per heavy atom. The molecule has 1 aliphatic rings. The summed E-state index contributed by atoms with van der Waals surface area (Å²) in [5.74, 6) is -1.09. The van der Waals surface area contributed by atoms with Crippen LogP contribution in [0.1, 0.15) is 46.3 Å². The Hall–Kier alpha value is -4.01. The summed E-state index contributed by atoms with van der Waals surface area (Å²) in [6.45, 7) is 1.87. The minimum atomic E-state index is -1.10. The van der Waals surface area contributed by atoms with Crippen molar-refractivity contribution in [3.8, 4) is 5.75 Å². The number of hydrazine groups is 1. The number of methoxy groups -OCH3 is 1. The molecule has 0 radical (unpaired) electrons. The van der Waals surface area contributed by atoms with Gasteiger partial charge in [0.15, 0.2) is 0 Å². The van der Waals surface area contributed by atoms with E-state index in [0.717, 1.165) is 49.4 Å². The first-order chi connectivity index (χ1) is 20.4. The average Bonchev–Trinajstić information content (AvgIpc) is 3.02. The first-order valence-corrected chi connectivity index (χ1v) is 14.9. The summed E-state index contributed by atoms with van der Waals surface area (Å²) in [6.07, 6.45) is 4.27. The SMILES string of the molecule is COc1cc(CC(=O)N(Nc2ccc(Cc3ccccc3)cc2)c2ccccc2N2CCCCC2)c(Br)cc1C(=O)O.Cl. The molecule has 1 fully saturated rings. The van der Waals surface area contributed by atoms with E-state index < -0.39 is 5.97 Å². The second-order valence-electron chi connectivity index (χ2n) is 10.4. The smallest absolute Gasteiger partial charge is 0.339 e. The van der Waals surface area contributed by atoms with Gasteiger partial charge in [-0.25, -0.2) is 9.80 Å². The number of hydrogen-bond donors (Lipinski definition) is 2. The molecule has 1 saturated heterocycles. The van der Waals surface area contributed by atoms with Gasteiger partial charge < -0.3 is 14.7 Å². The van der Waals surface area contributed by atoms with Gasteiger partial charge in [-0.3, -0.25) is 10.2 Å². The van der Waals surface area contributed by atoms with Gasteiger partial charge in [0.2, 0.25) is 5.91 Å². The number of rotatable bonds is 10. The summed E-state index contributed by atoms with van der Waals surface area (Å²) in [6, 6.07) is 29.5. The van der Waals surface area contributed by atoms with Crippen LogP contribution >= 0.6 is 28.3 Å². The van der Waals surface area contributed by atoms with Crippen LogP contribution in [0.5, 0.6) is 5.75 Å². The van der Waals surface area contributed by atoms with Crippen molar-refractivity contribution in [2.45, 2.75) is 32.1 Å². The van der Waals surface area contributed by atoms with Crippen molar-refractivity contribution in [1.82, 2.24) is 0 Å². The number of aromatic carboxylic acids is 1. The summed E-state index contributed by atoms with van der Waals surface area (Å²) < 4.78 is 5.86. The lowest BCUT2D eigenvalue weighted by Gasteiger charge is -2.34. The molecule has 0 bridgehead atoms. The molecule has 0 atom stereocenters. The number of carboxylic acid groups (broad SMARTS) is 1. The van der Waals surface area contributed by atoms with Crippen LogP contribution in [-0.2, 0) is 17.6 Å². The van der Waals surface area contributed by atoms with Gasteiger partial charge in [-0.05, 0) is 78.8 Å². The highest BCUT2D eigenvalue weighted by Crippen LogP contribution is 2.34. The number of carbonyl (C=O) groups excluding carboxylic acids is 1. The van der Waals surface area contributed by atoms with Gasteiger partial charge in [0.25, 0.3) is 0 Å². The Morgan fingerprint density at radius 2 is 1.56 bits per heavy atom. The number of anilines is 3. The second-order valence-corrected chi connectivity index (χ2v) is 11.2. The van der Waals surface area contributed by atoms with Gasteiger partial charge in [0.05, 0.1) is 30.6 Å². The highest BCUT2D eigenvalue weighted by molar-refractivity contribution is 9.10. The van der Waals surface area contributed by atoms with E-state index in [2.05, 4.69) is 56.6 Å². The van der Waals surface area contributed by atoms with E-state index in [1.54, 1.807) is 11.1 Å². The molecule has 1 heterocycles. The normalized spacial score (nSPS) is 12.7. The topological polar surface area (TPSA) is 82.1 Å². The third kappa shape index (κ3) is 7.89. The number of amides is 1. The maximum atomic E-state index is 14.1. The monoisotopic (exact) mass is 663 g/mol. The highest BCUT2D eigenvalue weighted by Gasteiger charge is 2.25. The first kappa shape index (κ1) is 31.9. The van der Waals surface area contributed by atoms with Gasteiger partial charge in [0.1, 0.15) is 11.3 Å². The summed E-state index contributed by atoms with van der Waals surface area (Å²) in [7, 11) is 1.42. The Balaban J connectivity index is 0.00000423. The molecule has 0 unspecified atom stereocenters. The lowest BCUT2D eigenvalue weighted by Crippen LogP contribution is -2.39. The number of para-hydroxylation sites is 2. The number of benzene rings is 4. The number of ether oxygens (including phenoxy) is 1. The molecule has 224 valence electrons. The minimum absolute atomic E-state index is 0. The first-order valence-electron chi connectivity index (χ1n) is 14.1. The molecule has 4 aromatic rings. The number of nitrogens with one attached hydrogen (secondary N) is 1. The number of piperidine rings is 1. The standard InChI is InChI=1S/C34H34BrN3O4.ClH/c1-42-32-21-26(29(35)23-28(32)34(40)41)22-33(39)38(31-13-7-6-12-30(31)37-18-8-3-9-19-37)36-27-16-14-25(15-17-27)20-24-10-4-2-5-11-24;/h2,4-7,10-17,21,23,36H,3,8-9,18-20,22H2,1H3,(H,40,41);1H. The highest BCUT2D eigenvalue weighted by atomic mass is 79.9. The van der Waals surface area contributed by atoms with Crippen LogP contribution in [-0.4, -0.2) is 37.2 Å². The van der Waals surface area contributed by atoms with E-state index >= 15 is 0 Å². The molecule has 0 aromatic heterocycles. The zero-order valence-electron chi connectivity index (χ0n) is 24.0. The zero-order valence-corrected chi connectivity index (χ0v) is 26.4. The zero-order chi connectivity index (χ0) is 29.5. The van der Waals surface area contributed by atoms with Crippen LogP contribution in [0.25, 0.3) is 0 Å². The van der Waals surface area contributed by atoms with Crippen LogP contribution in [0.2, 0.25) is 0 Å². The van der Waals surface area contributed by atoms with Crippen molar-refractivity contribution in [1.29, 1.82) is 0 Å². The Morgan fingerprint density at radius 3 is 2.23 bits per heavy atom. The summed E-state index contributed by atoms with van der Waals surface area (Å²) in [5.41, 5.74) is 8.99. The van der Waals surface area contributed by atoms with E-state index in [9.17, 15) is 14.7 Å². The molecule has 7 nitrogen and oxygen atoms in total. The summed E-state index contributed by atoms with van der Waals surface area (Å²) >= 11 is 3.47. The Kier molecular flexibility index (Phi) is 11.1. The van der Waals surface area contributed by atoms with Gasteiger partial charge >= 0.3 is 5.97 Å². The molecule has 9 heteroatoms. The quantitative estimate of drug-likeness (QED) is 0.169. The number of halogens is 2. The van der Waals surface area contributed by atoms with Crippen molar-refractivity contribution in [2.75, 3.05) is 35.5 Å². The number of carboxylic acids is 1. The second kappa shape index (κ2) is 14.9. The van der Waals surface area contributed by atoms with Gasteiger partial charge in [-0.2, -0.15) is 0 Å². The Bertz CT molecular complexity index is 1540. The fourth-order valence-electron chi connectivity index (χ4n) is 5.28. The molecular weight excluding hydrogens is 630 g/mol. The lowest BCUT2D eigenvalue weighted by molar-refractivity contribution is -0.117. The van der Waals surface area contributed by atoms with Gasteiger partial charge in [-0.1, -0.05) is 70.5 Å². The van der Waals surface area contributed by atoms with Crippen LogP contribution in [0, 0.1) is 0 Å². The van der Waals surface area contributed by atoms with Gasteiger partial charge in [0, 0.05) is 17.6 Å². The molecule has 43 heavy (non-hydrogen) atoms. The third-order valence-corrected chi connectivity index (χ3v) is 8.19. The molecular formula is C34H35BrClN3O4. The lowest BCUT2D eigenvalue weighted by atomic mass is 10.0. The molecule has 0 spiro atoms. The van der Waals surface area contributed by atoms with E-state index in [-0.39, 0.29) is 36.0 Å². The van der Waals surface area contributed by atoms with Crippen molar-refractivity contribution >= 4 is 57.3 Å². The molecule has 2 N–H and O–H groups in total. The van der Waals surface area contributed by atoms with Crippen molar-refractivity contribution in [2.24, 2.45) is 0 Å². The van der Waals surface area contributed by atoms with Crippen LogP contribution in [0.3, 0.4) is 0 Å². The van der Waals surface area contributed by atoms with E-state index in [0.29, 0.717) is 10.0 Å². The maximum absolute atomic E-state index is 14.1. The van der Waals surface area contributed by atoms with Crippen LogP contribution < -0.4 is 20.1 Å². The molecule has 4 aromatic carbocycles. The van der Waals surface area contributed by atoms with Crippen molar-refractivity contribution in [3.05, 3.63) is 118 Å². The predicted molar refractivity (Wildman–Crippen MR) is 178 cm³/mol. The maximum Gasteiger partial charge on any atom is 0.339 e. The molecule has 0 saturated carbocycles. The van der Waals surface area contributed by atoms with Crippen molar-refractivity contribution < 1.29 is 19.4 Å². The van der Waals surface area contributed by atoms with E-state index in [4.69, 9.17) is 4.74 Å². The fraction of sp³-hybridized carbons (Fsp3) is 0.235. The van der Waals surface area contributed by atoms with Crippen LogP contribution in [0.4, 0.5) is 17.1 Å². The predicted octanol–water partition coefficient (Wildman–Crippen LogP) is 7.76. The van der Waals surface area contributed by atoms with E-state index in [1.807, 2.05) is 48.5 Å². The number of hydrogen-bond acceptors (Lipinski definition) is 5. The number of nitrogens with zero attached hydrogens (tertiary/aromatic N) is 2. The fourth-order valence-corrected chi connectivity index (χ4v) is 5.76. The largest absolute Gasteiger partial charge is 0.496 e. The number of carbonyl (C=O) groups is 2. The average molecular weight is 665 g/mol. The van der Waals surface area contributed by atoms with Crippen LogP contribution in [0.15, 0.2) is 95.5 Å². The van der Waals surface area contributed by atoms with E-state index in [1.165, 1.54) is 30.7 Å². The molecule has 5 rings (SSSR count). The third-order valence-electron chi connectivity index (χ3n) is 7.46.